The largest absolute Gasteiger partial charge is 0.307 e. The quantitative estimate of drug-likeness (QED) is 0.813. The van der Waals surface area contributed by atoms with E-state index in [4.69, 9.17) is 0 Å². The van der Waals surface area contributed by atoms with Crippen LogP contribution >= 0.6 is 0 Å². The van der Waals surface area contributed by atoms with Crippen LogP contribution in [0.15, 0.2) is 24.4 Å². The zero-order valence-electron chi connectivity index (χ0n) is 12.8. The fourth-order valence-electron chi connectivity index (χ4n) is 4.33. The Balaban J connectivity index is 1.59. The number of aryl methyl sites for hydroxylation is 1. The van der Waals surface area contributed by atoms with Crippen molar-refractivity contribution in [1.29, 1.82) is 0 Å². The first-order valence-electron chi connectivity index (χ1n) is 8.26. The summed E-state index contributed by atoms with van der Waals surface area (Å²) in [5, 5.41) is 4.34. The summed E-state index contributed by atoms with van der Waals surface area (Å²) in [6.07, 6.45) is 5.12. The van der Waals surface area contributed by atoms with Gasteiger partial charge in [0.05, 0.1) is 17.5 Å². The Morgan fingerprint density at radius 2 is 2.17 bits per heavy atom. The molecule has 5 heteroatoms. The SMILES string of the molecule is O=C1CC[C@@H]2CN(C(=O)c3cnn4c3CCC4)c3cccc1c32. The van der Waals surface area contributed by atoms with Gasteiger partial charge in [-0.3, -0.25) is 14.3 Å². The highest BCUT2D eigenvalue weighted by Crippen LogP contribution is 2.45. The van der Waals surface area contributed by atoms with Crippen molar-refractivity contribution in [3.8, 4) is 0 Å². The van der Waals surface area contributed by atoms with Gasteiger partial charge in [-0.15, -0.1) is 0 Å². The lowest BCUT2D eigenvalue weighted by Crippen LogP contribution is -2.30. The number of rotatable bonds is 1. The second kappa shape index (κ2) is 4.54. The summed E-state index contributed by atoms with van der Waals surface area (Å²) in [5.41, 5.74) is 4.60. The maximum Gasteiger partial charge on any atom is 0.261 e. The lowest BCUT2D eigenvalue weighted by molar-refractivity contribution is 0.0968. The van der Waals surface area contributed by atoms with Crippen LogP contribution in [0.2, 0.25) is 0 Å². The maximum atomic E-state index is 13.1. The fraction of sp³-hybridized carbons (Fsp3) is 0.389. The lowest BCUT2D eigenvalue weighted by atomic mass is 9.83. The summed E-state index contributed by atoms with van der Waals surface area (Å²) in [6.45, 7) is 1.59. The molecule has 0 bridgehead atoms. The number of Topliss-reactive ketones (excluding diaryl/α,β-unsaturated/α-hetero) is 1. The third-order valence-corrected chi connectivity index (χ3v) is 5.41. The lowest BCUT2D eigenvalue weighted by Gasteiger charge is -2.18. The molecule has 23 heavy (non-hydrogen) atoms. The number of hydrogen-bond donors (Lipinski definition) is 0. The summed E-state index contributed by atoms with van der Waals surface area (Å²) in [6, 6.07) is 5.76. The van der Waals surface area contributed by atoms with Crippen molar-refractivity contribution in [1.82, 2.24) is 9.78 Å². The molecular weight excluding hydrogens is 290 g/mol. The Morgan fingerprint density at radius 1 is 1.26 bits per heavy atom. The number of hydrogen-bond acceptors (Lipinski definition) is 3. The summed E-state index contributed by atoms with van der Waals surface area (Å²) >= 11 is 0. The highest BCUT2D eigenvalue weighted by Gasteiger charge is 2.39. The Morgan fingerprint density at radius 3 is 3.09 bits per heavy atom. The van der Waals surface area contributed by atoms with Gasteiger partial charge in [-0.2, -0.15) is 5.10 Å². The van der Waals surface area contributed by atoms with Crippen LogP contribution in [-0.2, 0) is 13.0 Å². The normalized spacial score (nSPS) is 21.5. The topological polar surface area (TPSA) is 55.2 Å². The molecule has 0 radical (unpaired) electrons. The predicted molar refractivity (Wildman–Crippen MR) is 85.0 cm³/mol. The van der Waals surface area contributed by atoms with E-state index in [1.54, 1.807) is 6.20 Å². The van der Waals surface area contributed by atoms with Gasteiger partial charge in [-0.05, 0) is 30.9 Å². The van der Waals surface area contributed by atoms with Crippen molar-refractivity contribution >= 4 is 17.4 Å². The molecule has 5 nitrogen and oxygen atoms in total. The smallest absolute Gasteiger partial charge is 0.261 e. The molecule has 116 valence electrons. The monoisotopic (exact) mass is 307 g/mol. The van der Waals surface area contributed by atoms with Crippen molar-refractivity contribution in [3.63, 3.8) is 0 Å². The van der Waals surface area contributed by atoms with E-state index in [9.17, 15) is 9.59 Å². The van der Waals surface area contributed by atoms with E-state index in [1.165, 1.54) is 0 Å². The second-order valence-electron chi connectivity index (χ2n) is 6.64. The van der Waals surface area contributed by atoms with Crippen molar-refractivity contribution < 1.29 is 9.59 Å². The number of ketones is 1. The van der Waals surface area contributed by atoms with E-state index in [0.29, 0.717) is 18.9 Å². The minimum Gasteiger partial charge on any atom is -0.307 e. The average molecular weight is 307 g/mol. The van der Waals surface area contributed by atoms with E-state index < -0.39 is 0 Å². The standard InChI is InChI=1S/C18H17N3O2/c22-16-7-6-11-10-20(15-4-1-3-12(16)17(11)15)18(23)13-9-19-21-8-2-5-14(13)21/h1,3-4,9,11H,2,5-8,10H2/t11-/m1/s1. The van der Waals surface area contributed by atoms with E-state index in [2.05, 4.69) is 5.10 Å². The van der Waals surface area contributed by atoms with Gasteiger partial charge in [0.25, 0.3) is 5.91 Å². The van der Waals surface area contributed by atoms with Crippen LogP contribution in [0.4, 0.5) is 5.69 Å². The Kier molecular flexibility index (Phi) is 2.57. The van der Waals surface area contributed by atoms with Crippen molar-refractivity contribution in [2.45, 2.75) is 38.1 Å². The van der Waals surface area contributed by atoms with Gasteiger partial charge in [-0.1, -0.05) is 12.1 Å². The van der Waals surface area contributed by atoms with Gasteiger partial charge in [0.2, 0.25) is 0 Å². The molecule has 5 rings (SSSR count). The van der Waals surface area contributed by atoms with Gasteiger partial charge in [-0.25, -0.2) is 0 Å². The number of carbonyl (C=O) groups excluding carboxylic acids is 2. The van der Waals surface area contributed by atoms with Gasteiger partial charge in [0.1, 0.15) is 0 Å². The highest BCUT2D eigenvalue weighted by molar-refractivity contribution is 6.10. The van der Waals surface area contributed by atoms with Gasteiger partial charge in [0.15, 0.2) is 5.78 Å². The van der Waals surface area contributed by atoms with E-state index in [-0.39, 0.29) is 11.7 Å². The number of carbonyl (C=O) groups is 2. The number of amides is 1. The van der Waals surface area contributed by atoms with Crippen molar-refractivity contribution in [2.24, 2.45) is 0 Å². The molecule has 0 saturated heterocycles. The molecule has 0 spiro atoms. The van der Waals surface area contributed by atoms with Gasteiger partial charge < -0.3 is 4.90 Å². The third kappa shape index (κ3) is 1.70. The van der Waals surface area contributed by atoms with Crippen molar-refractivity contribution in [3.05, 3.63) is 46.8 Å². The molecule has 0 N–H and O–H groups in total. The Bertz CT molecular complexity index is 852. The molecule has 1 aromatic heterocycles. The molecule has 0 unspecified atom stereocenters. The molecule has 1 aromatic carbocycles. The molecule has 1 atom stereocenters. The zero-order chi connectivity index (χ0) is 15.6. The van der Waals surface area contributed by atoms with Crippen LogP contribution in [0, 0.1) is 0 Å². The number of aromatic nitrogens is 2. The minimum absolute atomic E-state index is 0.0309. The van der Waals surface area contributed by atoms with Crippen LogP contribution in [0.1, 0.15) is 57.2 Å². The molecule has 3 aliphatic rings. The third-order valence-electron chi connectivity index (χ3n) is 5.41. The van der Waals surface area contributed by atoms with Crippen molar-refractivity contribution in [2.75, 3.05) is 11.4 Å². The first kappa shape index (κ1) is 13.0. The summed E-state index contributed by atoms with van der Waals surface area (Å²) in [4.78, 5) is 27.1. The number of benzene rings is 1. The highest BCUT2D eigenvalue weighted by atomic mass is 16.2. The maximum absolute atomic E-state index is 13.1. The van der Waals surface area contributed by atoms with Crippen LogP contribution < -0.4 is 4.90 Å². The fourth-order valence-corrected chi connectivity index (χ4v) is 4.33. The van der Waals surface area contributed by atoms with Crippen LogP contribution in [0.5, 0.6) is 0 Å². The first-order chi connectivity index (χ1) is 11.2. The van der Waals surface area contributed by atoms with E-state index in [1.807, 2.05) is 27.8 Å². The van der Waals surface area contributed by atoms with Crippen LogP contribution in [0.3, 0.4) is 0 Å². The molecule has 1 aliphatic carbocycles. The first-order valence-corrected chi connectivity index (χ1v) is 8.26. The molecular formula is C18H17N3O2. The number of anilines is 1. The number of fused-ring (bicyclic) bond motifs is 1. The molecule has 0 fully saturated rings. The number of nitrogens with zero attached hydrogens (tertiary/aromatic N) is 3. The minimum atomic E-state index is 0.0309. The van der Waals surface area contributed by atoms with E-state index >= 15 is 0 Å². The van der Waals surface area contributed by atoms with Gasteiger partial charge >= 0.3 is 0 Å². The second-order valence-corrected chi connectivity index (χ2v) is 6.64. The molecule has 1 amide bonds. The average Bonchev–Trinajstić information content (AvgIpc) is 3.25. The Hall–Kier alpha value is -2.43. The molecule has 2 aliphatic heterocycles. The Labute approximate surface area is 133 Å². The van der Waals surface area contributed by atoms with Gasteiger partial charge in [0, 0.05) is 36.7 Å². The van der Waals surface area contributed by atoms with E-state index in [0.717, 1.165) is 53.9 Å². The summed E-state index contributed by atoms with van der Waals surface area (Å²) in [7, 11) is 0. The molecule has 2 aromatic rings. The van der Waals surface area contributed by atoms with Crippen LogP contribution in [-0.4, -0.2) is 28.0 Å². The predicted octanol–water partition coefficient (Wildman–Crippen LogP) is 2.55. The zero-order valence-corrected chi connectivity index (χ0v) is 12.8. The molecule has 3 heterocycles. The van der Waals surface area contributed by atoms with Crippen LogP contribution in [0.25, 0.3) is 0 Å². The summed E-state index contributed by atoms with van der Waals surface area (Å²) < 4.78 is 1.94. The summed E-state index contributed by atoms with van der Waals surface area (Å²) in [5.74, 6) is 0.536. The molecule has 0 saturated carbocycles.